The zero-order valence-electron chi connectivity index (χ0n) is 17.1. The minimum atomic E-state index is -0.00326. The summed E-state index contributed by atoms with van der Waals surface area (Å²) in [5, 5.41) is 2.96. The van der Waals surface area contributed by atoms with Crippen LogP contribution in [0.2, 0.25) is 0 Å². The van der Waals surface area contributed by atoms with Crippen molar-refractivity contribution >= 4 is 36.5 Å². The van der Waals surface area contributed by atoms with E-state index in [1.54, 1.807) is 0 Å². The van der Waals surface area contributed by atoms with Crippen molar-refractivity contribution in [2.24, 2.45) is 0 Å². The summed E-state index contributed by atoms with van der Waals surface area (Å²) in [7, 11) is 0. The summed E-state index contributed by atoms with van der Waals surface area (Å²) >= 11 is 0. The number of nitrogens with zero attached hydrogens (tertiary/aromatic N) is 2. The molecule has 0 atom stereocenters. The number of carbonyl (C=O) groups is 2. The Balaban J connectivity index is 0.00000171. The zero-order chi connectivity index (χ0) is 20.1. The molecule has 1 amide bonds. The molecule has 1 saturated heterocycles. The quantitative estimate of drug-likeness (QED) is 0.630. The predicted octanol–water partition coefficient (Wildman–Crippen LogP) is 2.38. The third-order valence-electron chi connectivity index (χ3n) is 5.22. The summed E-state index contributed by atoms with van der Waals surface area (Å²) in [6.45, 7) is 4.62. The molecule has 0 bridgehead atoms. The summed E-state index contributed by atoms with van der Waals surface area (Å²) in [5.74, 6) is 1.60. The maximum Gasteiger partial charge on any atom is 0.234 e. The lowest BCUT2D eigenvalue weighted by molar-refractivity contribution is -0.122. The van der Waals surface area contributed by atoms with Crippen LogP contribution in [0.15, 0.2) is 48.5 Å². The molecular weight excluding hydrogens is 441 g/mol. The van der Waals surface area contributed by atoms with Gasteiger partial charge in [0.1, 0.15) is 0 Å². The first-order valence-corrected chi connectivity index (χ1v) is 9.85. The van der Waals surface area contributed by atoms with Gasteiger partial charge in [-0.15, -0.1) is 24.8 Å². The number of ketones is 1. The lowest BCUT2D eigenvalue weighted by Crippen LogP contribution is -2.50. The normalized spacial score (nSPS) is 15.5. The maximum atomic E-state index is 12.3. The Labute approximate surface area is 194 Å². The Hall–Kier alpha value is -2.32. The maximum absolute atomic E-state index is 12.3. The monoisotopic (exact) mass is 467 g/mol. The van der Waals surface area contributed by atoms with Gasteiger partial charge >= 0.3 is 0 Å². The van der Waals surface area contributed by atoms with Gasteiger partial charge in [0.25, 0.3) is 0 Å². The Morgan fingerprint density at radius 2 is 1.48 bits per heavy atom. The van der Waals surface area contributed by atoms with Gasteiger partial charge in [-0.05, 0) is 17.7 Å². The summed E-state index contributed by atoms with van der Waals surface area (Å²) in [4.78, 5) is 28.9. The molecule has 9 heteroatoms. The van der Waals surface area contributed by atoms with Crippen molar-refractivity contribution < 1.29 is 19.1 Å². The zero-order valence-corrected chi connectivity index (χ0v) is 18.8. The average molecular weight is 468 g/mol. The van der Waals surface area contributed by atoms with E-state index >= 15 is 0 Å². The van der Waals surface area contributed by atoms with E-state index in [4.69, 9.17) is 9.47 Å². The largest absolute Gasteiger partial charge is 0.454 e. The van der Waals surface area contributed by atoms with Crippen LogP contribution in [-0.2, 0) is 11.3 Å². The number of rotatable bonds is 7. The van der Waals surface area contributed by atoms with Crippen LogP contribution in [0.4, 0.5) is 0 Å². The molecule has 0 radical (unpaired) electrons. The molecule has 0 unspecified atom stereocenters. The van der Waals surface area contributed by atoms with E-state index in [9.17, 15) is 9.59 Å². The second kappa shape index (κ2) is 11.9. The molecule has 1 fully saturated rings. The summed E-state index contributed by atoms with van der Waals surface area (Å²) in [6.07, 6.45) is 0. The molecule has 1 N–H and O–H groups in total. The Morgan fingerprint density at radius 1 is 0.839 bits per heavy atom. The van der Waals surface area contributed by atoms with E-state index in [-0.39, 0.29) is 43.3 Å². The summed E-state index contributed by atoms with van der Waals surface area (Å²) < 4.78 is 10.7. The lowest BCUT2D eigenvalue weighted by atomic mass is 10.1. The van der Waals surface area contributed by atoms with Crippen molar-refractivity contribution in [3.63, 3.8) is 0 Å². The predicted molar refractivity (Wildman–Crippen MR) is 123 cm³/mol. The van der Waals surface area contributed by atoms with Crippen molar-refractivity contribution in [1.29, 1.82) is 0 Å². The minimum absolute atomic E-state index is 0. The van der Waals surface area contributed by atoms with E-state index in [2.05, 4.69) is 15.1 Å². The highest BCUT2D eigenvalue weighted by atomic mass is 35.5. The number of hydrogen-bond acceptors (Lipinski definition) is 6. The number of nitrogens with one attached hydrogen (secondary N) is 1. The Kier molecular flexibility index (Phi) is 9.58. The van der Waals surface area contributed by atoms with E-state index in [0.717, 1.165) is 48.8 Å². The number of piperazine rings is 1. The van der Waals surface area contributed by atoms with Crippen molar-refractivity contribution in [3.8, 4) is 11.5 Å². The van der Waals surface area contributed by atoms with Crippen LogP contribution in [0.5, 0.6) is 11.5 Å². The molecule has 168 valence electrons. The van der Waals surface area contributed by atoms with Gasteiger partial charge in [-0.2, -0.15) is 0 Å². The van der Waals surface area contributed by atoms with Crippen LogP contribution in [0, 0.1) is 0 Å². The van der Waals surface area contributed by atoms with Gasteiger partial charge in [-0.1, -0.05) is 36.4 Å². The Bertz CT molecular complexity index is 874. The van der Waals surface area contributed by atoms with Gasteiger partial charge in [0.2, 0.25) is 12.7 Å². The molecule has 2 aliphatic heterocycles. The summed E-state index contributed by atoms with van der Waals surface area (Å²) in [6, 6.07) is 15.1. The van der Waals surface area contributed by atoms with Crippen LogP contribution in [0.3, 0.4) is 0 Å². The van der Waals surface area contributed by atoms with Crippen LogP contribution in [-0.4, -0.2) is 67.6 Å². The molecule has 0 spiro atoms. The number of Topliss-reactive ketones (excluding diaryl/α,β-unsaturated/α-hetero) is 1. The molecule has 2 aliphatic rings. The first-order valence-electron chi connectivity index (χ1n) is 9.85. The highest BCUT2D eigenvalue weighted by molar-refractivity contribution is 5.97. The fourth-order valence-corrected chi connectivity index (χ4v) is 3.53. The number of hydrogen-bond donors (Lipinski definition) is 1. The average Bonchev–Trinajstić information content (AvgIpc) is 3.22. The smallest absolute Gasteiger partial charge is 0.234 e. The van der Waals surface area contributed by atoms with Crippen molar-refractivity contribution in [2.45, 2.75) is 6.54 Å². The number of ether oxygens (including phenoxy) is 2. The molecule has 2 aromatic rings. The van der Waals surface area contributed by atoms with Crippen LogP contribution in [0.1, 0.15) is 15.9 Å². The van der Waals surface area contributed by atoms with Gasteiger partial charge < -0.3 is 14.8 Å². The number of amides is 1. The fourth-order valence-electron chi connectivity index (χ4n) is 3.53. The Morgan fingerprint density at radius 3 is 2.19 bits per heavy atom. The lowest BCUT2D eigenvalue weighted by Gasteiger charge is -2.33. The molecule has 4 rings (SSSR count). The first-order chi connectivity index (χ1) is 14.2. The van der Waals surface area contributed by atoms with Gasteiger partial charge in [0.05, 0.1) is 13.1 Å². The molecule has 0 aromatic heterocycles. The van der Waals surface area contributed by atoms with Gasteiger partial charge in [-0.3, -0.25) is 19.4 Å². The number of carbonyl (C=O) groups excluding carboxylic acids is 2. The molecule has 0 saturated carbocycles. The molecule has 31 heavy (non-hydrogen) atoms. The van der Waals surface area contributed by atoms with Crippen molar-refractivity contribution in [1.82, 2.24) is 15.1 Å². The first kappa shape index (κ1) is 24.9. The fraction of sp³-hybridized carbons (Fsp3) is 0.364. The molecular formula is C22H27Cl2N3O4. The van der Waals surface area contributed by atoms with Gasteiger partial charge in [-0.25, -0.2) is 0 Å². The van der Waals surface area contributed by atoms with E-state index in [1.165, 1.54) is 0 Å². The van der Waals surface area contributed by atoms with Gasteiger partial charge in [0.15, 0.2) is 17.3 Å². The SMILES string of the molecule is Cl.Cl.O=C(CN1CCN(CC(=O)c2ccccc2)CC1)NCc1ccc2c(c1)OCO2. The van der Waals surface area contributed by atoms with Crippen molar-refractivity contribution in [2.75, 3.05) is 46.1 Å². The van der Waals surface area contributed by atoms with Crippen LogP contribution < -0.4 is 14.8 Å². The number of fused-ring (bicyclic) bond motifs is 1. The van der Waals surface area contributed by atoms with Crippen molar-refractivity contribution in [3.05, 3.63) is 59.7 Å². The second-order valence-corrected chi connectivity index (χ2v) is 7.31. The minimum Gasteiger partial charge on any atom is -0.454 e. The molecule has 7 nitrogen and oxygen atoms in total. The van der Waals surface area contributed by atoms with E-state index in [1.807, 2.05) is 48.5 Å². The number of benzene rings is 2. The standard InChI is InChI=1S/C22H25N3O4.2ClH/c26-19(18-4-2-1-3-5-18)14-24-8-10-25(11-9-24)15-22(27)23-13-17-6-7-20-21(12-17)29-16-28-20;;/h1-7,12H,8-11,13-16H2,(H,23,27);2*1H. The van der Waals surface area contributed by atoms with E-state index < -0.39 is 0 Å². The highest BCUT2D eigenvalue weighted by Gasteiger charge is 2.21. The molecule has 2 heterocycles. The topological polar surface area (TPSA) is 71.1 Å². The third-order valence-corrected chi connectivity index (χ3v) is 5.22. The van der Waals surface area contributed by atoms with Gasteiger partial charge in [0, 0.05) is 38.3 Å². The molecule has 2 aromatic carbocycles. The van der Waals surface area contributed by atoms with Crippen LogP contribution in [0.25, 0.3) is 0 Å². The second-order valence-electron chi connectivity index (χ2n) is 7.31. The highest BCUT2D eigenvalue weighted by Crippen LogP contribution is 2.32. The number of halogens is 2. The third kappa shape index (κ3) is 6.83. The summed E-state index contributed by atoms with van der Waals surface area (Å²) in [5.41, 5.74) is 1.73. The molecule has 0 aliphatic carbocycles. The van der Waals surface area contributed by atoms with E-state index in [0.29, 0.717) is 19.6 Å². The van der Waals surface area contributed by atoms with Crippen LogP contribution >= 0.6 is 24.8 Å².